The summed E-state index contributed by atoms with van der Waals surface area (Å²) in [5, 5.41) is 0. The third kappa shape index (κ3) is 2.16. The standard InChI is InChI=1S/C11H13F2NO/c12-9-3-1-2-8(10(9)13)6-11(14)4-5-15-7-11/h1-3H,4-7,14H2. The maximum Gasteiger partial charge on any atom is 0.162 e. The van der Waals surface area contributed by atoms with E-state index in [0.29, 0.717) is 31.6 Å². The Hall–Kier alpha value is -1.00. The van der Waals surface area contributed by atoms with Gasteiger partial charge in [0, 0.05) is 12.1 Å². The van der Waals surface area contributed by atoms with Crippen molar-refractivity contribution in [2.45, 2.75) is 18.4 Å². The summed E-state index contributed by atoms with van der Waals surface area (Å²) < 4.78 is 31.4. The van der Waals surface area contributed by atoms with Gasteiger partial charge in [0.25, 0.3) is 0 Å². The number of ether oxygens (including phenoxy) is 1. The lowest BCUT2D eigenvalue weighted by atomic mass is 9.91. The monoisotopic (exact) mass is 213 g/mol. The lowest BCUT2D eigenvalue weighted by Crippen LogP contribution is -2.42. The predicted octanol–water partition coefficient (Wildman–Crippen LogP) is 1.63. The highest BCUT2D eigenvalue weighted by molar-refractivity contribution is 5.21. The second kappa shape index (κ2) is 3.87. The van der Waals surface area contributed by atoms with Gasteiger partial charge in [0.15, 0.2) is 11.6 Å². The summed E-state index contributed by atoms with van der Waals surface area (Å²) in [5.74, 6) is -1.62. The van der Waals surface area contributed by atoms with Gasteiger partial charge in [0.2, 0.25) is 0 Å². The predicted molar refractivity (Wildman–Crippen MR) is 52.4 cm³/mol. The first-order chi connectivity index (χ1) is 7.11. The molecule has 0 aliphatic carbocycles. The molecule has 0 saturated carbocycles. The van der Waals surface area contributed by atoms with E-state index in [9.17, 15) is 8.78 Å². The maximum atomic E-state index is 13.4. The number of hydrogen-bond acceptors (Lipinski definition) is 2. The highest BCUT2D eigenvalue weighted by Crippen LogP contribution is 2.23. The zero-order chi connectivity index (χ0) is 10.9. The summed E-state index contributed by atoms with van der Waals surface area (Å²) >= 11 is 0. The molecule has 1 aliphatic rings. The first kappa shape index (κ1) is 10.5. The van der Waals surface area contributed by atoms with Crippen LogP contribution < -0.4 is 5.73 Å². The average molecular weight is 213 g/mol. The molecule has 15 heavy (non-hydrogen) atoms. The highest BCUT2D eigenvalue weighted by atomic mass is 19.2. The van der Waals surface area contributed by atoms with E-state index in [1.165, 1.54) is 6.07 Å². The van der Waals surface area contributed by atoms with E-state index in [-0.39, 0.29) is 0 Å². The number of nitrogens with two attached hydrogens (primary N) is 1. The van der Waals surface area contributed by atoms with Crippen LogP contribution in [0.15, 0.2) is 18.2 Å². The van der Waals surface area contributed by atoms with Gasteiger partial charge in [-0.2, -0.15) is 0 Å². The Balaban J connectivity index is 2.20. The topological polar surface area (TPSA) is 35.2 Å². The van der Waals surface area contributed by atoms with Crippen LogP contribution in [0.5, 0.6) is 0 Å². The van der Waals surface area contributed by atoms with Crippen LogP contribution in [0.25, 0.3) is 0 Å². The maximum absolute atomic E-state index is 13.4. The Bertz CT molecular complexity index is 362. The second-order valence-corrected chi connectivity index (χ2v) is 4.05. The number of halogens is 2. The molecular weight excluding hydrogens is 200 g/mol. The van der Waals surface area contributed by atoms with Crippen molar-refractivity contribution >= 4 is 0 Å². The zero-order valence-electron chi connectivity index (χ0n) is 8.30. The van der Waals surface area contributed by atoms with Gasteiger partial charge >= 0.3 is 0 Å². The van der Waals surface area contributed by atoms with Gasteiger partial charge in [0.05, 0.1) is 6.61 Å². The van der Waals surface area contributed by atoms with Crippen molar-refractivity contribution in [2.24, 2.45) is 5.73 Å². The molecule has 1 aliphatic heterocycles. The fourth-order valence-corrected chi connectivity index (χ4v) is 1.83. The van der Waals surface area contributed by atoms with Crippen molar-refractivity contribution in [3.05, 3.63) is 35.4 Å². The Morgan fingerprint density at radius 3 is 2.87 bits per heavy atom. The molecule has 1 unspecified atom stereocenters. The third-order valence-electron chi connectivity index (χ3n) is 2.71. The van der Waals surface area contributed by atoms with Crippen molar-refractivity contribution in [1.82, 2.24) is 0 Å². The first-order valence-electron chi connectivity index (χ1n) is 4.90. The molecule has 4 heteroatoms. The van der Waals surface area contributed by atoms with Gasteiger partial charge < -0.3 is 10.5 Å². The van der Waals surface area contributed by atoms with Crippen LogP contribution in [0.4, 0.5) is 8.78 Å². The first-order valence-corrected chi connectivity index (χ1v) is 4.90. The van der Waals surface area contributed by atoms with E-state index in [4.69, 9.17) is 10.5 Å². The largest absolute Gasteiger partial charge is 0.379 e. The molecule has 0 aromatic heterocycles. The van der Waals surface area contributed by atoms with E-state index in [2.05, 4.69) is 0 Å². The molecule has 1 fully saturated rings. The minimum Gasteiger partial charge on any atom is -0.379 e. The highest BCUT2D eigenvalue weighted by Gasteiger charge is 2.31. The molecule has 2 N–H and O–H groups in total. The molecule has 0 amide bonds. The molecule has 1 aromatic rings. The van der Waals surface area contributed by atoms with Gasteiger partial charge in [-0.15, -0.1) is 0 Å². The van der Waals surface area contributed by atoms with E-state index < -0.39 is 17.2 Å². The third-order valence-corrected chi connectivity index (χ3v) is 2.71. The van der Waals surface area contributed by atoms with E-state index in [1.54, 1.807) is 6.07 Å². The van der Waals surface area contributed by atoms with Crippen LogP contribution in [0.3, 0.4) is 0 Å². The van der Waals surface area contributed by atoms with Crippen molar-refractivity contribution in [2.75, 3.05) is 13.2 Å². The van der Waals surface area contributed by atoms with Crippen molar-refractivity contribution < 1.29 is 13.5 Å². The van der Waals surface area contributed by atoms with Crippen LogP contribution in [0.1, 0.15) is 12.0 Å². The molecule has 0 spiro atoms. The molecule has 82 valence electrons. The number of rotatable bonds is 2. The minimum atomic E-state index is -0.824. The summed E-state index contributed by atoms with van der Waals surface area (Å²) in [4.78, 5) is 0. The van der Waals surface area contributed by atoms with Crippen molar-refractivity contribution in [3.8, 4) is 0 Å². The summed E-state index contributed by atoms with van der Waals surface area (Å²) in [7, 11) is 0. The fourth-order valence-electron chi connectivity index (χ4n) is 1.83. The smallest absolute Gasteiger partial charge is 0.162 e. The molecule has 2 nitrogen and oxygen atoms in total. The van der Waals surface area contributed by atoms with Gasteiger partial charge in [0.1, 0.15) is 0 Å². The SMILES string of the molecule is NC1(Cc2cccc(F)c2F)CCOC1. The Morgan fingerprint density at radius 1 is 1.40 bits per heavy atom. The Labute approximate surface area is 87.0 Å². The van der Waals surface area contributed by atoms with E-state index in [1.807, 2.05) is 0 Å². The van der Waals surface area contributed by atoms with Crippen LogP contribution >= 0.6 is 0 Å². The van der Waals surface area contributed by atoms with Crippen LogP contribution in [-0.2, 0) is 11.2 Å². The average Bonchev–Trinajstić information content (AvgIpc) is 2.60. The Kier molecular flexibility index (Phi) is 2.71. The van der Waals surface area contributed by atoms with E-state index >= 15 is 0 Å². The zero-order valence-corrected chi connectivity index (χ0v) is 8.30. The molecule has 0 bridgehead atoms. The van der Waals surface area contributed by atoms with Crippen molar-refractivity contribution in [3.63, 3.8) is 0 Å². The molecule has 1 heterocycles. The quantitative estimate of drug-likeness (QED) is 0.810. The normalized spacial score (nSPS) is 25.8. The molecule has 0 radical (unpaired) electrons. The summed E-state index contributed by atoms with van der Waals surface area (Å²) in [6, 6.07) is 4.16. The van der Waals surface area contributed by atoms with Gasteiger partial charge in [-0.3, -0.25) is 0 Å². The number of benzene rings is 1. The molecule has 1 saturated heterocycles. The molecule has 1 atom stereocenters. The fraction of sp³-hybridized carbons (Fsp3) is 0.455. The van der Waals surface area contributed by atoms with Crippen LogP contribution in [-0.4, -0.2) is 18.8 Å². The van der Waals surface area contributed by atoms with Crippen LogP contribution in [0.2, 0.25) is 0 Å². The summed E-state index contributed by atoms with van der Waals surface area (Å²) in [6.07, 6.45) is 1.000. The van der Waals surface area contributed by atoms with Gasteiger partial charge in [-0.25, -0.2) is 8.78 Å². The lowest BCUT2D eigenvalue weighted by molar-refractivity contribution is 0.177. The van der Waals surface area contributed by atoms with Gasteiger partial charge in [-0.1, -0.05) is 12.1 Å². The number of hydrogen-bond donors (Lipinski definition) is 1. The molecular formula is C11H13F2NO. The molecule has 2 rings (SSSR count). The van der Waals surface area contributed by atoms with Crippen LogP contribution in [0, 0.1) is 11.6 Å². The summed E-state index contributed by atoms with van der Waals surface area (Å²) in [5.41, 5.74) is 5.77. The van der Waals surface area contributed by atoms with Crippen molar-refractivity contribution in [1.29, 1.82) is 0 Å². The van der Waals surface area contributed by atoms with E-state index in [0.717, 1.165) is 6.07 Å². The molecule has 1 aromatic carbocycles. The second-order valence-electron chi connectivity index (χ2n) is 4.05. The Morgan fingerprint density at radius 2 is 2.20 bits per heavy atom. The van der Waals surface area contributed by atoms with Gasteiger partial charge in [-0.05, 0) is 24.5 Å². The summed E-state index contributed by atoms with van der Waals surface area (Å²) in [6.45, 7) is 0.996. The minimum absolute atomic E-state index is 0.316. The lowest BCUT2D eigenvalue weighted by Gasteiger charge is -2.21.